The summed E-state index contributed by atoms with van der Waals surface area (Å²) in [6, 6.07) is 0. The third-order valence-corrected chi connectivity index (χ3v) is 0.774. The van der Waals surface area contributed by atoms with Crippen molar-refractivity contribution >= 4 is 5.91 Å². The van der Waals surface area contributed by atoms with Crippen LogP contribution < -0.4 is 0 Å². The summed E-state index contributed by atoms with van der Waals surface area (Å²) < 4.78 is 0. The molecule has 0 saturated heterocycles. The van der Waals surface area contributed by atoms with Gasteiger partial charge in [0, 0.05) is 0 Å². The van der Waals surface area contributed by atoms with E-state index in [2.05, 4.69) is 7.05 Å². The van der Waals surface area contributed by atoms with E-state index in [-0.39, 0.29) is 38.6 Å². The van der Waals surface area contributed by atoms with Gasteiger partial charge in [0.1, 0.15) is 0 Å². The largest absolute Gasteiger partial charge is 3.00 e. The Kier molecular flexibility index (Phi) is 17.4. The van der Waals surface area contributed by atoms with Crippen LogP contribution in [0.2, 0.25) is 0 Å². The molecule has 12 heavy (non-hydrogen) atoms. The molecule has 1 amide bonds. The van der Waals surface area contributed by atoms with Gasteiger partial charge in [-0.2, -0.15) is 27.7 Å². The van der Waals surface area contributed by atoms with Crippen molar-refractivity contribution in [1.29, 1.82) is 0 Å². The summed E-state index contributed by atoms with van der Waals surface area (Å²) in [5.74, 6) is 0.757. The van der Waals surface area contributed by atoms with Crippen molar-refractivity contribution in [1.82, 2.24) is 4.90 Å². The van der Waals surface area contributed by atoms with Crippen LogP contribution in [0.15, 0.2) is 0 Å². The Balaban J connectivity index is -0.000000177. The molecular weight excluding hydrogens is 227 g/mol. The number of rotatable bonds is 1. The van der Waals surface area contributed by atoms with E-state index in [4.69, 9.17) is 0 Å². The Morgan fingerprint density at radius 1 is 1.42 bits per heavy atom. The molecule has 0 aromatic heterocycles. The van der Waals surface area contributed by atoms with E-state index in [0.717, 1.165) is 5.92 Å². The van der Waals surface area contributed by atoms with E-state index in [1.54, 1.807) is 20.9 Å². The molecular formula is C9H18NOY. The van der Waals surface area contributed by atoms with Crippen molar-refractivity contribution in [3.8, 4) is 0 Å². The van der Waals surface area contributed by atoms with E-state index in [1.165, 1.54) is 4.90 Å². The van der Waals surface area contributed by atoms with Crippen molar-refractivity contribution in [2.75, 3.05) is 7.05 Å². The van der Waals surface area contributed by atoms with Gasteiger partial charge in [-0.25, -0.2) is 0 Å². The number of carbonyl (C=O) groups excluding carboxylic acids is 1. The molecule has 0 aliphatic heterocycles. The second kappa shape index (κ2) is 11.4. The minimum absolute atomic E-state index is 0. The average Bonchev–Trinajstić information content (AvgIpc) is 1.87. The van der Waals surface area contributed by atoms with Crippen molar-refractivity contribution in [3.63, 3.8) is 0 Å². The second-order valence-electron chi connectivity index (χ2n) is 2.58. The average molecular weight is 245 g/mol. The zero-order valence-electron chi connectivity index (χ0n) is 8.72. The Hall–Kier alpha value is 0.444. The van der Waals surface area contributed by atoms with Gasteiger partial charge in [-0.05, 0) is 7.05 Å². The van der Waals surface area contributed by atoms with Gasteiger partial charge in [-0.1, -0.05) is 0 Å². The molecule has 0 fully saturated rings. The van der Waals surface area contributed by atoms with Crippen LogP contribution in [0, 0.1) is 19.4 Å². The first kappa shape index (κ1) is 18.3. The maximum Gasteiger partial charge on any atom is 3.00 e. The van der Waals surface area contributed by atoms with Gasteiger partial charge in [0.25, 0.3) is 0 Å². The number of nitrogens with zero attached hydrogens (tertiary/aromatic N) is 1. The minimum Gasteiger partial charge on any atom is -0.523 e. The summed E-state index contributed by atoms with van der Waals surface area (Å²) in [4.78, 5) is 12.0. The normalized spacial score (nSPS) is 7.17. The third-order valence-electron chi connectivity index (χ3n) is 0.774. The Bertz CT molecular complexity index is 92.7. The predicted octanol–water partition coefficient (Wildman–Crippen LogP) is 2.08. The van der Waals surface area contributed by atoms with Crippen LogP contribution in [-0.4, -0.2) is 17.9 Å². The molecule has 0 saturated carbocycles. The van der Waals surface area contributed by atoms with Crippen LogP contribution in [0.25, 0.3) is 0 Å². The van der Waals surface area contributed by atoms with E-state index in [9.17, 15) is 4.79 Å². The molecule has 0 aromatic rings. The van der Waals surface area contributed by atoms with Gasteiger partial charge in [0.15, 0.2) is 0 Å². The number of hydrogen-bond donors (Lipinski definition) is 0. The number of amides is 1. The van der Waals surface area contributed by atoms with Crippen LogP contribution in [0.1, 0.15) is 27.7 Å². The molecule has 2 nitrogen and oxygen atoms in total. The SMILES string of the molecule is C[CH-]C.[CH2-]N(C)C(=O)[C-](C)C.[Y+3]. The van der Waals surface area contributed by atoms with E-state index in [0.29, 0.717) is 0 Å². The van der Waals surface area contributed by atoms with Crippen molar-refractivity contribution in [3.05, 3.63) is 19.4 Å². The minimum atomic E-state index is -0.00926. The molecule has 0 spiro atoms. The molecule has 0 rings (SSSR count). The molecule has 68 valence electrons. The monoisotopic (exact) mass is 245 g/mol. The van der Waals surface area contributed by atoms with Gasteiger partial charge in [-0.15, -0.1) is 0 Å². The van der Waals surface area contributed by atoms with Crippen molar-refractivity contribution in [2.24, 2.45) is 0 Å². The molecule has 0 radical (unpaired) electrons. The first-order valence-corrected chi connectivity index (χ1v) is 3.60. The first-order valence-electron chi connectivity index (χ1n) is 3.60. The van der Waals surface area contributed by atoms with E-state index >= 15 is 0 Å². The molecule has 0 aromatic carbocycles. The van der Waals surface area contributed by atoms with E-state index in [1.807, 2.05) is 20.3 Å². The fourth-order valence-corrected chi connectivity index (χ4v) is 0.382. The second-order valence-corrected chi connectivity index (χ2v) is 2.58. The van der Waals surface area contributed by atoms with Crippen LogP contribution in [0.3, 0.4) is 0 Å². The summed E-state index contributed by atoms with van der Waals surface area (Å²) in [7, 11) is 5.06. The van der Waals surface area contributed by atoms with Gasteiger partial charge in [-0.3, -0.25) is 13.0 Å². The zero-order valence-corrected chi connectivity index (χ0v) is 11.6. The molecule has 3 heteroatoms. The molecule has 0 heterocycles. The Morgan fingerprint density at radius 2 is 1.67 bits per heavy atom. The summed E-state index contributed by atoms with van der Waals surface area (Å²) in [5.41, 5.74) is 0. The fourth-order valence-electron chi connectivity index (χ4n) is 0.382. The molecule has 0 N–H and O–H groups in total. The summed E-state index contributed by atoms with van der Waals surface area (Å²) in [6.45, 7) is 7.54. The molecule has 0 aliphatic carbocycles. The summed E-state index contributed by atoms with van der Waals surface area (Å²) in [6.07, 6.45) is 2.00. The fraction of sp³-hybridized carbons (Fsp3) is 0.556. The third kappa shape index (κ3) is 13.1. The van der Waals surface area contributed by atoms with Crippen LogP contribution in [-0.2, 0) is 37.5 Å². The van der Waals surface area contributed by atoms with Crippen LogP contribution in [0.5, 0.6) is 0 Å². The Labute approximate surface area is 102 Å². The van der Waals surface area contributed by atoms with Gasteiger partial charge >= 0.3 is 32.7 Å². The number of hydrogen-bond acceptors (Lipinski definition) is 1. The standard InChI is InChI=1S/C6H11NO.C3H7.Y/c1-5(2)6(8)7(3)4;1-3-2;/h3H2,1-2,4H3;3H,1-2H3;/q-2;-1;+3. The van der Waals surface area contributed by atoms with Crippen molar-refractivity contribution < 1.29 is 37.5 Å². The zero-order chi connectivity index (χ0) is 9.44. The molecule has 0 aliphatic rings. The van der Waals surface area contributed by atoms with Crippen molar-refractivity contribution in [2.45, 2.75) is 27.7 Å². The Morgan fingerprint density at radius 3 is 1.67 bits per heavy atom. The molecule has 0 atom stereocenters. The quantitative estimate of drug-likeness (QED) is 0.648. The van der Waals surface area contributed by atoms with E-state index < -0.39 is 0 Å². The van der Waals surface area contributed by atoms with Crippen LogP contribution in [0.4, 0.5) is 0 Å². The van der Waals surface area contributed by atoms with Gasteiger partial charge in [0.05, 0.1) is 5.91 Å². The topological polar surface area (TPSA) is 20.3 Å². The predicted molar refractivity (Wildman–Crippen MR) is 48.4 cm³/mol. The smallest absolute Gasteiger partial charge is 0.523 e. The van der Waals surface area contributed by atoms with Gasteiger partial charge < -0.3 is 16.1 Å². The molecule has 0 unspecified atom stereocenters. The van der Waals surface area contributed by atoms with Crippen LogP contribution >= 0.6 is 0 Å². The van der Waals surface area contributed by atoms with Gasteiger partial charge in [0.2, 0.25) is 0 Å². The number of carbonyl (C=O) groups is 1. The molecule has 0 bridgehead atoms. The first-order chi connectivity index (χ1) is 4.97. The maximum atomic E-state index is 10.7. The summed E-state index contributed by atoms with van der Waals surface area (Å²) in [5, 5.41) is 0. The maximum absolute atomic E-state index is 10.7. The summed E-state index contributed by atoms with van der Waals surface area (Å²) >= 11 is 0.